The fourth-order valence-electron chi connectivity index (χ4n) is 3.62. The zero-order chi connectivity index (χ0) is 31.2. The molecule has 1 saturated heterocycles. The Labute approximate surface area is 225 Å². The largest absolute Gasteiger partial charge is 0.463 e. The molecule has 0 amide bonds. The number of aliphatic hydroxyl groups is 1. The molecular weight excluding hydrogens is 506 g/mol. The standard InChI is InChI=1S/C25H33NO12/c1-13(35-15(3)28)20(25(32)34-11-18-9-7-6-8-10-18)26-24-23(37-17(5)30)21(31)22(36-16(4)29)19(38-24)12-33-14(2)27/h6-10,13,19-24,26,31H,11-12H2,1-5H3/t13-,19-,20+,21+,22-,23-,24?/m1/s1/i2D,3D,4D,5D. The molecule has 0 aliphatic carbocycles. The lowest BCUT2D eigenvalue weighted by molar-refractivity contribution is -0.254. The van der Waals surface area contributed by atoms with E-state index in [-0.39, 0.29) is 6.61 Å². The Kier molecular flexibility index (Phi) is 9.39. The lowest BCUT2D eigenvalue weighted by Gasteiger charge is -2.44. The average Bonchev–Trinajstić information content (AvgIpc) is 3.00. The van der Waals surface area contributed by atoms with E-state index in [9.17, 15) is 29.1 Å². The lowest BCUT2D eigenvalue weighted by atomic mass is 9.97. The molecule has 2 N–H and O–H groups in total. The van der Waals surface area contributed by atoms with E-state index in [0.29, 0.717) is 5.56 Å². The van der Waals surface area contributed by atoms with Crippen molar-refractivity contribution in [3.63, 3.8) is 0 Å². The third-order valence-electron chi connectivity index (χ3n) is 5.21. The number of aliphatic hydroxyl groups excluding tert-OH is 1. The van der Waals surface area contributed by atoms with Gasteiger partial charge in [-0.1, -0.05) is 30.3 Å². The molecule has 13 nitrogen and oxygen atoms in total. The van der Waals surface area contributed by atoms with Crippen LogP contribution in [0.4, 0.5) is 0 Å². The van der Waals surface area contributed by atoms with Crippen molar-refractivity contribution < 1.29 is 63.0 Å². The van der Waals surface area contributed by atoms with Crippen LogP contribution in [0.15, 0.2) is 30.3 Å². The highest BCUT2D eigenvalue weighted by Crippen LogP contribution is 2.26. The summed E-state index contributed by atoms with van der Waals surface area (Å²) in [5.74, 6) is -5.16. The molecule has 0 spiro atoms. The summed E-state index contributed by atoms with van der Waals surface area (Å²) in [7, 11) is 0. The summed E-state index contributed by atoms with van der Waals surface area (Å²) in [6.07, 6.45) is -9.66. The van der Waals surface area contributed by atoms with Crippen LogP contribution in [0, 0.1) is 0 Å². The Morgan fingerprint density at radius 2 is 1.58 bits per heavy atom. The van der Waals surface area contributed by atoms with Gasteiger partial charge < -0.3 is 33.5 Å². The zero-order valence-corrected chi connectivity index (χ0v) is 20.6. The van der Waals surface area contributed by atoms with Crippen molar-refractivity contribution in [3.8, 4) is 0 Å². The van der Waals surface area contributed by atoms with Crippen LogP contribution >= 0.6 is 0 Å². The first kappa shape index (κ1) is 24.8. The van der Waals surface area contributed by atoms with Crippen LogP contribution in [0.25, 0.3) is 0 Å². The third kappa shape index (κ3) is 9.39. The van der Waals surface area contributed by atoms with E-state index in [1.54, 1.807) is 30.3 Å². The average molecular weight is 544 g/mol. The van der Waals surface area contributed by atoms with Crippen LogP contribution in [0.5, 0.6) is 0 Å². The van der Waals surface area contributed by atoms with Gasteiger partial charge in [-0.15, -0.1) is 0 Å². The molecule has 0 aromatic heterocycles. The van der Waals surface area contributed by atoms with Gasteiger partial charge in [0.1, 0.15) is 43.8 Å². The number of benzene rings is 1. The summed E-state index contributed by atoms with van der Waals surface area (Å²) < 4.78 is 60.3. The van der Waals surface area contributed by atoms with Gasteiger partial charge in [0.2, 0.25) is 0 Å². The predicted molar refractivity (Wildman–Crippen MR) is 127 cm³/mol. The van der Waals surface area contributed by atoms with Crippen LogP contribution in [0.1, 0.15) is 45.6 Å². The summed E-state index contributed by atoms with van der Waals surface area (Å²) >= 11 is 0. The number of hydrogen-bond donors (Lipinski definition) is 2. The fraction of sp³-hybridized carbons (Fsp3) is 0.560. The van der Waals surface area contributed by atoms with Gasteiger partial charge in [0.25, 0.3) is 0 Å². The predicted octanol–water partition coefficient (Wildman–Crippen LogP) is 0.152. The minimum Gasteiger partial charge on any atom is -0.463 e. The van der Waals surface area contributed by atoms with E-state index in [0.717, 1.165) is 0 Å². The number of esters is 5. The molecule has 2 rings (SSSR count). The first-order chi connectivity index (χ1) is 20.0. The van der Waals surface area contributed by atoms with Gasteiger partial charge in [0.05, 0.1) is 0 Å². The summed E-state index contributed by atoms with van der Waals surface area (Å²) in [4.78, 5) is 60.7. The molecule has 38 heavy (non-hydrogen) atoms. The molecule has 1 aliphatic rings. The SMILES string of the molecule is [2H]CC(=O)OC[C@H]1OC(N[C@H](C(=O)OCc2ccccc2)[C@@H](C)OC(=O)C[2H])[C@H](OC(=O)C[2H])[C@@H](O)[C@@H]1OC(=O)C[2H]. The van der Waals surface area contributed by atoms with Crippen molar-refractivity contribution in [1.29, 1.82) is 0 Å². The Morgan fingerprint density at radius 1 is 0.947 bits per heavy atom. The summed E-state index contributed by atoms with van der Waals surface area (Å²) in [6, 6.07) is 7.04. The van der Waals surface area contributed by atoms with Crippen molar-refractivity contribution in [1.82, 2.24) is 5.32 Å². The molecule has 210 valence electrons. The van der Waals surface area contributed by atoms with Crippen molar-refractivity contribution in [2.75, 3.05) is 6.61 Å². The van der Waals surface area contributed by atoms with E-state index in [4.69, 9.17) is 33.9 Å². The normalized spacial score (nSPS) is 25.7. The molecule has 0 saturated carbocycles. The minimum absolute atomic E-state index is 0.181. The van der Waals surface area contributed by atoms with Crippen LogP contribution in [-0.4, -0.2) is 84.3 Å². The highest BCUT2D eigenvalue weighted by atomic mass is 16.6. The number of nitrogens with one attached hydrogen (secondary N) is 1. The van der Waals surface area contributed by atoms with Gasteiger partial charge in [-0.05, 0) is 12.5 Å². The zero-order valence-electron chi connectivity index (χ0n) is 24.6. The maximum atomic E-state index is 13.2. The van der Waals surface area contributed by atoms with E-state index in [1.807, 2.05) is 0 Å². The van der Waals surface area contributed by atoms with Gasteiger partial charge in [-0.2, -0.15) is 0 Å². The third-order valence-corrected chi connectivity index (χ3v) is 5.21. The highest BCUT2D eigenvalue weighted by molar-refractivity contribution is 5.77. The smallest absolute Gasteiger partial charge is 0.327 e. The molecule has 1 heterocycles. The number of hydrogen-bond acceptors (Lipinski definition) is 13. The van der Waals surface area contributed by atoms with E-state index >= 15 is 0 Å². The summed E-state index contributed by atoms with van der Waals surface area (Å²) in [5.41, 5.74) is 0.627. The molecule has 0 radical (unpaired) electrons. The second-order valence-electron chi connectivity index (χ2n) is 8.11. The van der Waals surface area contributed by atoms with Crippen molar-refractivity contribution >= 4 is 29.8 Å². The van der Waals surface area contributed by atoms with E-state index in [2.05, 4.69) is 5.32 Å². The Balaban J connectivity index is 2.41. The molecule has 1 unspecified atom stereocenters. The Bertz CT molecular complexity index is 1060. The summed E-state index contributed by atoms with van der Waals surface area (Å²) in [6.45, 7) is -2.77. The van der Waals surface area contributed by atoms with Crippen LogP contribution in [0.2, 0.25) is 0 Å². The first-order valence-corrected chi connectivity index (χ1v) is 11.3. The van der Waals surface area contributed by atoms with Crippen LogP contribution in [0.3, 0.4) is 0 Å². The Hall–Kier alpha value is -3.55. The van der Waals surface area contributed by atoms with E-state index < -0.39 is 107 Å². The molecule has 1 aromatic rings. The second-order valence-corrected chi connectivity index (χ2v) is 8.11. The number of rotatable bonds is 11. The number of carbonyl (C=O) groups is 5. The Morgan fingerprint density at radius 3 is 2.21 bits per heavy atom. The van der Waals surface area contributed by atoms with Crippen LogP contribution in [-0.2, 0) is 59.0 Å². The first-order valence-electron chi connectivity index (χ1n) is 14.1. The topological polar surface area (TPSA) is 173 Å². The fourth-order valence-corrected chi connectivity index (χ4v) is 3.62. The van der Waals surface area contributed by atoms with Gasteiger partial charge in [0, 0.05) is 33.1 Å². The quantitative estimate of drug-likeness (QED) is 0.285. The van der Waals surface area contributed by atoms with Gasteiger partial charge >= 0.3 is 29.8 Å². The van der Waals surface area contributed by atoms with E-state index in [1.165, 1.54) is 6.92 Å². The van der Waals surface area contributed by atoms with Crippen molar-refractivity contribution in [3.05, 3.63) is 35.9 Å². The maximum absolute atomic E-state index is 13.2. The molecule has 13 heteroatoms. The monoisotopic (exact) mass is 543 g/mol. The van der Waals surface area contributed by atoms with Gasteiger partial charge in [-0.25, -0.2) is 0 Å². The number of carbonyl (C=O) groups excluding carboxylic acids is 5. The van der Waals surface area contributed by atoms with Crippen molar-refractivity contribution in [2.24, 2.45) is 0 Å². The molecule has 1 aliphatic heterocycles. The molecule has 1 aromatic carbocycles. The minimum atomic E-state index is -1.89. The lowest BCUT2D eigenvalue weighted by Crippen LogP contribution is -2.67. The maximum Gasteiger partial charge on any atom is 0.327 e. The van der Waals surface area contributed by atoms with Gasteiger partial charge in [0.15, 0.2) is 12.2 Å². The van der Waals surface area contributed by atoms with Crippen LogP contribution < -0.4 is 5.32 Å². The summed E-state index contributed by atoms with van der Waals surface area (Å²) in [5, 5.41) is 13.8. The number of ether oxygens (including phenoxy) is 6. The second kappa shape index (κ2) is 14.4. The van der Waals surface area contributed by atoms with Gasteiger partial charge in [-0.3, -0.25) is 29.3 Å². The molecule has 7 atom stereocenters. The van der Waals surface area contributed by atoms with Crippen molar-refractivity contribution in [2.45, 2.75) is 83.9 Å². The molecule has 1 fully saturated rings. The molecule has 0 bridgehead atoms. The molecular formula is C25H33NO12. The highest BCUT2D eigenvalue weighted by Gasteiger charge is 2.51.